The van der Waals surface area contributed by atoms with E-state index in [1.165, 1.54) is 4.90 Å². The minimum Gasteiger partial charge on any atom is -0.449 e. The first-order valence-electron chi connectivity index (χ1n) is 8.07. The fraction of sp³-hybridized carbons (Fsp3) is 0.867. The van der Waals surface area contributed by atoms with Crippen LogP contribution in [0.25, 0.3) is 0 Å². The third-order valence-corrected chi connectivity index (χ3v) is 4.78. The van der Waals surface area contributed by atoms with Crippen LogP contribution in [0.4, 0.5) is 13.2 Å². The second-order valence-corrected chi connectivity index (χ2v) is 6.32. The lowest BCUT2D eigenvalue weighted by Crippen LogP contribution is -2.56. The van der Waals surface area contributed by atoms with E-state index in [2.05, 4.69) is 10.1 Å². The molecule has 1 amide bonds. The Balaban J connectivity index is 2.01. The smallest absolute Gasteiger partial charge is 0.449 e. The molecular formula is C15H23F3N2O4. The molecule has 1 saturated heterocycles. The van der Waals surface area contributed by atoms with Gasteiger partial charge in [-0.15, -0.1) is 0 Å². The third-order valence-electron chi connectivity index (χ3n) is 4.78. The van der Waals surface area contributed by atoms with Crippen molar-refractivity contribution < 1.29 is 32.2 Å². The number of amides is 1. The van der Waals surface area contributed by atoms with Gasteiger partial charge in [-0.25, -0.2) is 4.79 Å². The number of hydrogen-bond donors (Lipinski definition) is 1. The second-order valence-electron chi connectivity index (χ2n) is 6.32. The third kappa shape index (κ3) is 4.60. The highest BCUT2D eigenvalue weighted by atomic mass is 19.4. The van der Waals surface area contributed by atoms with Crippen LogP contribution < -0.4 is 5.32 Å². The summed E-state index contributed by atoms with van der Waals surface area (Å²) in [4.78, 5) is 24.8. The molecule has 24 heavy (non-hydrogen) atoms. The molecule has 1 aliphatic carbocycles. The molecule has 0 atom stereocenters. The van der Waals surface area contributed by atoms with E-state index in [1.54, 1.807) is 7.11 Å². The van der Waals surface area contributed by atoms with Crippen molar-refractivity contribution in [1.29, 1.82) is 0 Å². The number of carbonyl (C=O) groups is 2. The Bertz CT molecular complexity index is 455. The summed E-state index contributed by atoms with van der Waals surface area (Å²) in [6.07, 6.45) is -1.08. The number of halogens is 3. The molecule has 0 bridgehead atoms. The van der Waals surface area contributed by atoms with Crippen molar-refractivity contribution in [2.75, 3.05) is 33.4 Å². The summed E-state index contributed by atoms with van der Waals surface area (Å²) in [5, 5.41) is 3.18. The van der Waals surface area contributed by atoms with E-state index in [1.807, 2.05) is 0 Å². The average molecular weight is 352 g/mol. The normalized spacial score (nSPS) is 21.0. The predicted octanol–water partition coefficient (Wildman–Crippen LogP) is 1.24. The Morgan fingerprint density at radius 3 is 2.33 bits per heavy atom. The molecule has 1 saturated carbocycles. The highest BCUT2D eigenvalue weighted by Gasteiger charge is 2.43. The molecule has 2 aliphatic rings. The topological polar surface area (TPSA) is 67.9 Å². The molecule has 1 aliphatic heterocycles. The minimum atomic E-state index is -5.10. The Morgan fingerprint density at radius 1 is 1.25 bits per heavy atom. The maximum absolute atomic E-state index is 12.4. The minimum absolute atomic E-state index is 0.0871. The van der Waals surface area contributed by atoms with E-state index in [0.29, 0.717) is 19.4 Å². The van der Waals surface area contributed by atoms with Gasteiger partial charge >= 0.3 is 12.1 Å². The predicted molar refractivity (Wildman–Crippen MR) is 78.2 cm³/mol. The molecule has 0 unspecified atom stereocenters. The molecule has 0 spiro atoms. The Morgan fingerprint density at radius 2 is 1.88 bits per heavy atom. The van der Waals surface area contributed by atoms with E-state index in [0.717, 1.165) is 32.4 Å². The van der Waals surface area contributed by atoms with Gasteiger partial charge in [0.15, 0.2) is 6.61 Å². The Labute approximate surface area is 138 Å². The van der Waals surface area contributed by atoms with Gasteiger partial charge in [0.25, 0.3) is 5.91 Å². The van der Waals surface area contributed by atoms with Crippen molar-refractivity contribution in [1.82, 2.24) is 10.2 Å². The molecule has 2 rings (SSSR count). The molecule has 0 aromatic carbocycles. The van der Waals surface area contributed by atoms with Crippen LogP contribution in [0.5, 0.6) is 0 Å². The average Bonchev–Trinajstić information content (AvgIpc) is 2.52. The van der Waals surface area contributed by atoms with Crippen molar-refractivity contribution in [3.8, 4) is 0 Å². The molecule has 1 N–H and O–H groups in total. The monoisotopic (exact) mass is 352 g/mol. The lowest BCUT2D eigenvalue weighted by atomic mass is 9.79. The first-order chi connectivity index (χ1) is 11.3. The van der Waals surface area contributed by atoms with Crippen LogP contribution in [0, 0.1) is 0 Å². The van der Waals surface area contributed by atoms with Crippen molar-refractivity contribution in [3.63, 3.8) is 0 Å². The summed E-state index contributed by atoms with van der Waals surface area (Å²) >= 11 is 0. The molecular weight excluding hydrogens is 329 g/mol. The quantitative estimate of drug-likeness (QED) is 0.729. The molecule has 6 nitrogen and oxygen atoms in total. The first-order valence-corrected chi connectivity index (χ1v) is 8.07. The van der Waals surface area contributed by atoms with Crippen LogP contribution in [0.2, 0.25) is 0 Å². The van der Waals surface area contributed by atoms with Crippen LogP contribution in [0.1, 0.15) is 32.1 Å². The van der Waals surface area contributed by atoms with Crippen molar-refractivity contribution >= 4 is 11.9 Å². The van der Waals surface area contributed by atoms with Crippen LogP contribution in [-0.4, -0.2) is 67.9 Å². The van der Waals surface area contributed by atoms with E-state index in [4.69, 9.17) is 4.74 Å². The van der Waals surface area contributed by atoms with Crippen molar-refractivity contribution in [2.24, 2.45) is 0 Å². The number of esters is 1. The maximum Gasteiger partial charge on any atom is 0.490 e. The summed E-state index contributed by atoms with van der Waals surface area (Å²) in [7, 11) is 1.58. The molecule has 0 radical (unpaired) electrons. The van der Waals surface area contributed by atoms with Gasteiger partial charge in [-0.3, -0.25) is 4.79 Å². The number of rotatable bonds is 6. The zero-order valence-corrected chi connectivity index (χ0v) is 13.7. The highest BCUT2D eigenvalue weighted by Crippen LogP contribution is 2.36. The largest absolute Gasteiger partial charge is 0.490 e. The molecule has 138 valence electrons. The van der Waals surface area contributed by atoms with Gasteiger partial charge < -0.3 is 19.7 Å². The number of alkyl halides is 3. The lowest BCUT2D eigenvalue weighted by molar-refractivity contribution is -0.201. The number of nitrogens with zero attached hydrogens (tertiary/aromatic N) is 1. The zero-order chi connectivity index (χ0) is 17.8. The number of hydrogen-bond acceptors (Lipinski definition) is 5. The van der Waals surface area contributed by atoms with E-state index < -0.39 is 30.3 Å². The lowest BCUT2D eigenvalue weighted by Gasteiger charge is -2.46. The first kappa shape index (κ1) is 19.0. The van der Waals surface area contributed by atoms with Gasteiger partial charge in [-0.1, -0.05) is 0 Å². The van der Waals surface area contributed by atoms with E-state index in [9.17, 15) is 22.8 Å². The standard InChI is InChI=1S/C15H23F3N2O4/c1-23-14(5-2-6-14)10-20(11-3-7-19-8-4-11)12(21)9-24-13(22)15(16,17)18/h11,19H,2-10H2,1H3. The molecule has 2 fully saturated rings. The second kappa shape index (κ2) is 7.69. The van der Waals surface area contributed by atoms with Gasteiger partial charge in [0.2, 0.25) is 0 Å². The van der Waals surface area contributed by atoms with Crippen LogP contribution >= 0.6 is 0 Å². The van der Waals surface area contributed by atoms with Crippen LogP contribution in [0.15, 0.2) is 0 Å². The van der Waals surface area contributed by atoms with Crippen molar-refractivity contribution in [3.05, 3.63) is 0 Å². The van der Waals surface area contributed by atoms with Gasteiger partial charge in [0.05, 0.1) is 12.1 Å². The number of piperidine rings is 1. The summed E-state index contributed by atoms with van der Waals surface area (Å²) in [5.41, 5.74) is -0.436. The Kier molecular flexibility index (Phi) is 6.08. The SMILES string of the molecule is COC1(CN(C(=O)COC(=O)C(F)(F)F)C2CCNCC2)CCC1. The van der Waals surface area contributed by atoms with Gasteiger partial charge in [-0.2, -0.15) is 13.2 Å². The van der Waals surface area contributed by atoms with Gasteiger partial charge in [-0.05, 0) is 45.2 Å². The fourth-order valence-electron chi connectivity index (χ4n) is 3.14. The Hall–Kier alpha value is -1.35. The summed E-state index contributed by atoms with van der Waals surface area (Å²) in [6.45, 7) is 0.881. The summed E-state index contributed by atoms with van der Waals surface area (Å²) < 4.78 is 46.3. The van der Waals surface area contributed by atoms with Gasteiger partial charge in [0.1, 0.15) is 0 Å². The maximum atomic E-state index is 12.4. The van der Waals surface area contributed by atoms with E-state index in [-0.39, 0.29) is 6.04 Å². The molecule has 1 heterocycles. The number of nitrogens with one attached hydrogen (secondary N) is 1. The summed E-state index contributed by atoms with van der Waals surface area (Å²) in [6, 6.07) is -0.0871. The molecule has 9 heteroatoms. The fourth-order valence-corrected chi connectivity index (χ4v) is 3.14. The molecule has 0 aromatic rings. The number of ether oxygens (including phenoxy) is 2. The molecule has 0 aromatic heterocycles. The van der Waals surface area contributed by atoms with Crippen LogP contribution in [0.3, 0.4) is 0 Å². The zero-order valence-electron chi connectivity index (χ0n) is 13.7. The van der Waals surface area contributed by atoms with Gasteiger partial charge in [0, 0.05) is 13.2 Å². The highest BCUT2D eigenvalue weighted by molar-refractivity contribution is 5.82. The summed E-state index contributed by atoms with van der Waals surface area (Å²) in [5.74, 6) is -2.95. The van der Waals surface area contributed by atoms with E-state index >= 15 is 0 Å². The van der Waals surface area contributed by atoms with Crippen molar-refractivity contribution in [2.45, 2.75) is 49.9 Å². The number of carbonyl (C=O) groups excluding carboxylic acids is 2. The number of methoxy groups -OCH3 is 1. The van der Waals surface area contributed by atoms with Crippen LogP contribution in [-0.2, 0) is 19.1 Å².